The summed E-state index contributed by atoms with van der Waals surface area (Å²) < 4.78 is 5.81. The SMILES string of the molecule is CCCCCCC(C)OCCC(CO)NC1CC1. The van der Waals surface area contributed by atoms with E-state index >= 15 is 0 Å². The van der Waals surface area contributed by atoms with Crippen molar-refractivity contribution < 1.29 is 9.84 Å². The molecule has 0 aromatic heterocycles. The fourth-order valence-corrected chi connectivity index (χ4v) is 2.16. The molecule has 0 aromatic rings. The molecule has 1 saturated carbocycles. The van der Waals surface area contributed by atoms with Crippen LogP contribution in [0.4, 0.5) is 0 Å². The van der Waals surface area contributed by atoms with Crippen molar-refractivity contribution in [3.63, 3.8) is 0 Å². The van der Waals surface area contributed by atoms with E-state index in [1.165, 1.54) is 44.9 Å². The lowest BCUT2D eigenvalue weighted by atomic mass is 10.1. The lowest BCUT2D eigenvalue weighted by molar-refractivity contribution is 0.0480. The first-order valence-corrected chi connectivity index (χ1v) is 7.74. The van der Waals surface area contributed by atoms with E-state index in [1.807, 2.05) is 0 Å². The molecule has 1 rings (SSSR count). The molecule has 0 radical (unpaired) electrons. The van der Waals surface area contributed by atoms with Crippen molar-refractivity contribution >= 4 is 0 Å². The largest absolute Gasteiger partial charge is 0.395 e. The van der Waals surface area contributed by atoms with Crippen LogP contribution in [0.5, 0.6) is 0 Å². The van der Waals surface area contributed by atoms with Gasteiger partial charge in [0.1, 0.15) is 0 Å². The quantitative estimate of drug-likeness (QED) is 0.528. The minimum atomic E-state index is 0.227. The van der Waals surface area contributed by atoms with Crippen molar-refractivity contribution in [2.24, 2.45) is 0 Å². The predicted octanol–water partition coefficient (Wildman–Crippen LogP) is 2.86. The molecule has 0 bridgehead atoms. The average Bonchev–Trinajstić information content (AvgIpc) is 3.17. The second kappa shape index (κ2) is 9.76. The van der Waals surface area contributed by atoms with Crippen LogP contribution in [0.3, 0.4) is 0 Å². The third-order valence-electron chi connectivity index (χ3n) is 3.60. The molecule has 0 amide bonds. The van der Waals surface area contributed by atoms with Gasteiger partial charge in [0, 0.05) is 18.7 Å². The average molecular weight is 257 g/mol. The highest BCUT2D eigenvalue weighted by Gasteiger charge is 2.24. The molecule has 2 atom stereocenters. The predicted molar refractivity (Wildman–Crippen MR) is 75.8 cm³/mol. The molecule has 2 unspecified atom stereocenters. The van der Waals surface area contributed by atoms with Crippen molar-refractivity contribution in [1.29, 1.82) is 0 Å². The van der Waals surface area contributed by atoms with Gasteiger partial charge in [0.25, 0.3) is 0 Å². The molecule has 0 heterocycles. The Morgan fingerprint density at radius 3 is 2.61 bits per heavy atom. The molecule has 0 spiro atoms. The summed E-state index contributed by atoms with van der Waals surface area (Å²) in [6, 6.07) is 0.887. The van der Waals surface area contributed by atoms with Gasteiger partial charge in [0.2, 0.25) is 0 Å². The van der Waals surface area contributed by atoms with Crippen LogP contribution in [0.2, 0.25) is 0 Å². The summed E-state index contributed by atoms with van der Waals surface area (Å²) in [7, 11) is 0. The number of rotatable bonds is 12. The van der Waals surface area contributed by atoms with Gasteiger partial charge in [-0.25, -0.2) is 0 Å². The minimum Gasteiger partial charge on any atom is -0.395 e. The molecule has 108 valence electrons. The molecule has 0 aromatic carbocycles. The van der Waals surface area contributed by atoms with Crippen molar-refractivity contribution in [3.8, 4) is 0 Å². The lowest BCUT2D eigenvalue weighted by Gasteiger charge is -2.18. The van der Waals surface area contributed by atoms with E-state index in [-0.39, 0.29) is 12.6 Å². The van der Waals surface area contributed by atoms with Crippen LogP contribution < -0.4 is 5.32 Å². The summed E-state index contributed by atoms with van der Waals surface area (Å²) in [5.74, 6) is 0. The van der Waals surface area contributed by atoms with Crippen LogP contribution >= 0.6 is 0 Å². The van der Waals surface area contributed by atoms with Gasteiger partial charge in [-0.3, -0.25) is 0 Å². The molecule has 1 aliphatic rings. The van der Waals surface area contributed by atoms with Gasteiger partial charge in [-0.05, 0) is 32.6 Å². The smallest absolute Gasteiger partial charge is 0.0585 e. The fourth-order valence-electron chi connectivity index (χ4n) is 2.16. The van der Waals surface area contributed by atoms with E-state index in [0.717, 1.165) is 13.0 Å². The molecule has 0 saturated heterocycles. The summed E-state index contributed by atoms with van der Waals surface area (Å²) in [5.41, 5.74) is 0. The molecule has 1 aliphatic carbocycles. The molecule has 0 aliphatic heterocycles. The van der Waals surface area contributed by atoms with Gasteiger partial charge >= 0.3 is 0 Å². The maximum absolute atomic E-state index is 9.25. The highest BCUT2D eigenvalue weighted by molar-refractivity contribution is 4.84. The monoisotopic (exact) mass is 257 g/mol. The zero-order valence-electron chi connectivity index (χ0n) is 12.2. The zero-order chi connectivity index (χ0) is 13.2. The number of hydrogen-bond donors (Lipinski definition) is 2. The normalized spacial score (nSPS) is 18.8. The fraction of sp³-hybridized carbons (Fsp3) is 1.00. The molecule has 3 heteroatoms. The Balaban J connectivity index is 1.93. The number of unbranched alkanes of at least 4 members (excludes halogenated alkanes) is 3. The molecule has 2 N–H and O–H groups in total. The van der Waals surface area contributed by atoms with E-state index < -0.39 is 0 Å². The van der Waals surface area contributed by atoms with Crippen molar-refractivity contribution in [2.75, 3.05) is 13.2 Å². The van der Waals surface area contributed by atoms with Crippen molar-refractivity contribution in [2.45, 2.75) is 83.4 Å². The molecule has 3 nitrogen and oxygen atoms in total. The van der Waals surface area contributed by atoms with E-state index in [9.17, 15) is 5.11 Å². The number of aliphatic hydroxyl groups excluding tert-OH is 1. The first-order valence-electron chi connectivity index (χ1n) is 7.74. The van der Waals surface area contributed by atoms with Crippen LogP contribution in [-0.2, 0) is 4.74 Å². The van der Waals surface area contributed by atoms with Gasteiger partial charge in [-0.2, -0.15) is 0 Å². The molecule has 18 heavy (non-hydrogen) atoms. The highest BCUT2D eigenvalue weighted by Crippen LogP contribution is 2.20. The Bertz CT molecular complexity index is 195. The van der Waals surface area contributed by atoms with E-state index in [4.69, 9.17) is 4.74 Å². The third-order valence-corrected chi connectivity index (χ3v) is 3.60. The Hall–Kier alpha value is -0.120. The Morgan fingerprint density at radius 2 is 2.00 bits per heavy atom. The summed E-state index contributed by atoms with van der Waals surface area (Å²) in [4.78, 5) is 0. The minimum absolute atomic E-state index is 0.227. The second-order valence-corrected chi connectivity index (χ2v) is 5.64. The van der Waals surface area contributed by atoms with Gasteiger partial charge in [0.15, 0.2) is 0 Å². The molecule has 1 fully saturated rings. The summed E-state index contributed by atoms with van der Waals surface area (Å²) in [5, 5.41) is 12.7. The Morgan fingerprint density at radius 1 is 1.22 bits per heavy atom. The van der Waals surface area contributed by atoms with Gasteiger partial charge in [-0.1, -0.05) is 32.6 Å². The third kappa shape index (κ3) is 8.06. The Kier molecular flexibility index (Phi) is 8.64. The second-order valence-electron chi connectivity index (χ2n) is 5.64. The van der Waals surface area contributed by atoms with E-state index in [0.29, 0.717) is 12.1 Å². The zero-order valence-corrected chi connectivity index (χ0v) is 12.2. The van der Waals surface area contributed by atoms with E-state index in [1.54, 1.807) is 0 Å². The number of nitrogens with one attached hydrogen (secondary N) is 1. The maximum atomic E-state index is 9.25. The van der Waals surface area contributed by atoms with Crippen molar-refractivity contribution in [3.05, 3.63) is 0 Å². The van der Waals surface area contributed by atoms with Crippen LogP contribution in [-0.4, -0.2) is 36.5 Å². The van der Waals surface area contributed by atoms with Gasteiger partial charge in [0.05, 0.1) is 12.7 Å². The van der Waals surface area contributed by atoms with Crippen molar-refractivity contribution in [1.82, 2.24) is 5.32 Å². The van der Waals surface area contributed by atoms with E-state index in [2.05, 4.69) is 19.2 Å². The molecular weight excluding hydrogens is 226 g/mol. The maximum Gasteiger partial charge on any atom is 0.0585 e. The summed E-state index contributed by atoms with van der Waals surface area (Å²) >= 11 is 0. The van der Waals surface area contributed by atoms with Crippen LogP contribution in [0.1, 0.15) is 65.2 Å². The number of ether oxygens (including phenoxy) is 1. The van der Waals surface area contributed by atoms with Crippen LogP contribution in [0, 0.1) is 0 Å². The highest BCUT2D eigenvalue weighted by atomic mass is 16.5. The lowest BCUT2D eigenvalue weighted by Crippen LogP contribution is -2.35. The first kappa shape index (κ1) is 15.9. The number of aliphatic hydroxyl groups is 1. The van der Waals surface area contributed by atoms with Crippen LogP contribution in [0.25, 0.3) is 0 Å². The van der Waals surface area contributed by atoms with Gasteiger partial charge in [-0.15, -0.1) is 0 Å². The first-order chi connectivity index (χ1) is 8.76. The summed E-state index contributed by atoms with van der Waals surface area (Å²) in [6.45, 7) is 5.39. The topological polar surface area (TPSA) is 41.5 Å². The Labute approximate surface area is 112 Å². The van der Waals surface area contributed by atoms with Crippen LogP contribution in [0.15, 0.2) is 0 Å². The number of hydrogen-bond acceptors (Lipinski definition) is 3. The standard InChI is InChI=1S/C15H31NO2/c1-3-4-5-6-7-13(2)18-11-10-15(12-17)16-14-8-9-14/h13-17H,3-12H2,1-2H3. The summed E-state index contributed by atoms with van der Waals surface area (Å²) in [6.07, 6.45) is 10.2. The van der Waals surface area contributed by atoms with Gasteiger partial charge < -0.3 is 15.2 Å². The molecular formula is C15H31NO2.